The first-order chi connectivity index (χ1) is 12.2. The van der Waals surface area contributed by atoms with Gasteiger partial charge in [0.1, 0.15) is 0 Å². The third-order valence-corrected chi connectivity index (χ3v) is 4.91. The van der Waals surface area contributed by atoms with E-state index in [0.29, 0.717) is 6.54 Å². The second-order valence-corrected chi connectivity index (χ2v) is 6.88. The molecule has 2 saturated heterocycles. The van der Waals surface area contributed by atoms with E-state index in [9.17, 15) is 4.79 Å². The van der Waals surface area contributed by atoms with Gasteiger partial charge in [-0.15, -0.1) is 0 Å². The Morgan fingerprint density at radius 3 is 3.00 bits per heavy atom. The van der Waals surface area contributed by atoms with Crippen molar-refractivity contribution in [3.05, 3.63) is 18.0 Å². The van der Waals surface area contributed by atoms with Crippen LogP contribution < -0.4 is 10.2 Å². The van der Waals surface area contributed by atoms with Crippen molar-refractivity contribution in [3.8, 4) is 0 Å². The van der Waals surface area contributed by atoms with Gasteiger partial charge in [-0.3, -0.25) is 9.69 Å². The SMILES string of the molecule is Cc1ccnc(N2CCCC(C(=O)NCCCN3CCOCC3)C2)n1. The van der Waals surface area contributed by atoms with Gasteiger partial charge in [-0.25, -0.2) is 9.97 Å². The molecule has 0 spiro atoms. The van der Waals surface area contributed by atoms with Crippen molar-refractivity contribution in [2.45, 2.75) is 26.2 Å². The van der Waals surface area contributed by atoms with E-state index >= 15 is 0 Å². The first-order valence-electron chi connectivity index (χ1n) is 9.35. The van der Waals surface area contributed by atoms with Crippen molar-refractivity contribution >= 4 is 11.9 Å². The van der Waals surface area contributed by atoms with Crippen LogP contribution >= 0.6 is 0 Å². The van der Waals surface area contributed by atoms with Gasteiger partial charge >= 0.3 is 0 Å². The highest BCUT2D eigenvalue weighted by molar-refractivity contribution is 5.79. The summed E-state index contributed by atoms with van der Waals surface area (Å²) in [4.78, 5) is 25.8. The maximum absolute atomic E-state index is 12.5. The summed E-state index contributed by atoms with van der Waals surface area (Å²) in [6, 6.07) is 1.89. The van der Waals surface area contributed by atoms with Crippen LogP contribution in [0.15, 0.2) is 12.3 Å². The number of rotatable bonds is 6. The van der Waals surface area contributed by atoms with E-state index in [1.165, 1.54) is 0 Å². The zero-order valence-electron chi connectivity index (χ0n) is 15.1. The van der Waals surface area contributed by atoms with Crippen molar-refractivity contribution < 1.29 is 9.53 Å². The summed E-state index contributed by atoms with van der Waals surface area (Å²) >= 11 is 0. The molecule has 2 fully saturated rings. The number of amides is 1. The average Bonchev–Trinajstić information content (AvgIpc) is 2.66. The van der Waals surface area contributed by atoms with E-state index in [-0.39, 0.29) is 11.8 Å². The topological polar surface area (TPSA) is 70.6 Å². The Morgan fingerprint density at radius 2 is 2.20 bits per heavy atom. The molecule has 25 heavy (non-hydrogen) atoms. The predicted molar refractivity (Wildman–Crippen MR) is 96.6 cm³/mol. The van der Waals surface area contributed by atoms with Crippen molar-refractivity contribution in [1.82, 2.24) is 20.2 Å². The predicted octanol–water partition coefficient (Wildman–Crippen LogP) is 0.840. The maximum atomic E-state index is 12.5. The second kappa shape index (κ2) is 9.10. The van der Waals surface area contributed by atoms with Crippen LogP contribution in [0.25, 0.3) is 0 Å². The fraction of sp³-hybridized carbons (Fsp3) is 0.722. The molecule has 0 saturated carbocycles. The third-order valence-electron chi connectivity index (χ3n) is 4.91. The van der Waals surface area contributed by atoms with Crippen LogP contribution in [0.3, 0.4) is 0 Å². The highest BCUT2D eigenvalue weighted by Gasteiger charge is 2.26. The number of carbonyl (C=O) groups is 1. The van der Waals surface area contributed by atoms with Crippen LogP contribution in [-0.4, -0.2) is 73.3 Å². The number of piperidine rings is 1. The monoisotopic (exact) mass is 347 g/mol. The highest BCUT2D eigenvalue weighted by atomic mass is 16.5. The minimum atomic E-state index is 0.0289. The van der Waals surface area contributed by atoms with Crippen molar-refractivity contribution in [3.63, 3.8) is 0 Å². The van der Waals surface area contributed by atoms with E-state index < -0.39 is 0 Å². The van der Waals surface area contributed by atoms with Gasteiger partial charge in [0.25, 0.3) is 0 Å². The lowest BCUT2D eigenvalue weighted by atomic mass is 9.97. The van der Waals surface area contributed by atoms with Crippen LogP contribution in [0.5, 0.6) is 0 Å². The molecule has 0 radical (unpaired) electrons. The first kappa shape index (κ1) is 18.1. The van der Waals surface area contributed by atoms with Crippen LogP contribution in [0.2, 0.25) is 0 Å². The molecule has 0 bridgehead atoms. The highest BCUT2D eigenvalue weighted by Crippen LogP contribution is 2.20. The molecular formula is C18H29N5O2. The Balaban J connectivity index is 1.40. The number of hydrogen-bond donors (Lipinski definition) is 1. The molecule has 1 unspecified atom stereocenters. The van der Waals surface area contributed by atoms with Crippen molar-refractivity contribution in [2.75, 3.05) is 57.4 Å². The molecule has 1 aromatic rings. The molecule has 2 aliphatic heterocycles. The number of aromatic nitrogens is 2. The lowest BCUT2D eigenvalue weighted by Crippen LogP contribution is -2.44. The van der Waals surface area contributed by atoms with Gasteiger partial charge in [0.05, 0.1) is 19.1 Å². The smallest absolute Gasteiger partial charge is 0.225 e. The Bertz CT molecular complexity index is 562. The summed E-state index contributed by atoms with van der Waals surface area (Å²) in [5, 5.41) is 3.11. The van der Waals surface area contributed by atoms with Crippen LogP contribution in [0, 0.1) is 12.8 Å². The number of nitrogens with one attached hydrogen (secondary N) is 1. The minimum Gasteiger partial charge on any atom is -0.379 e. The normalized spacial score (nSPS) is 22.0. The van der Waals surface area contributed by atoms with E-state index in [2.05, 4.69) is 25.1 Å². The summed E-state index contributed by atoms with van der Waals surface area (Å²) in [7, 11) is 0. The summed E-state index contributed by atoms with van der Waals surface area (Å²) in [5.41, 5.74) is 0.958. The Hall–Kier alpha value is -1.73. The number of aryl methyl sites for hydroxylation is 1. The molecule has 3 rings (SSSR count). The van der Waals surface area contributed by atoms with Crippen LogP contribution in [-0.2, 0) is 9.53 Å². The van der Waals surface area contributed by atoms with Gasteiger partial charge in [-0.05, 0) is 38.8 Å². The van der Waals surface area contributed by atoms with E-state index in [1.54, 1.807) is 6.20 Å². The molecule has 7 nitrogen and oxygen atoms in total. The number of morpholine rings is 1. The summed E-state index contributed by atoms with van der Waals surface area (Å²) in [6.45, 7) is 9.02. The molecule has 2 aliphatic rings. The molecule has 138 valence electrons. The largest absolute Gasteiger partial charge is 0.379 e. The fourth-order valence-electron chi connectivity index (χ4n) is 3.44. The van der Waals surface area contributed by atoms with E-state index in [0.717, 1.165) is 76.8 Å². The van der Waals surface area contributed by atoms with Crippen LogP contribution in [0.1, 0.15) is 25.0 Å². The van der Waals surface area contributed by atoms with Gasteiger partial charge in [-0.2, -0.15) is 0 Å². The first-order valence-corrected chi connectivity index (χ1v) is 9.35. The summed E-state index contributed by atoms with van der Waals surface area (Å²) in [5.74, 6) is 0.936. The molecular weight excluding hydrogens is 318 g/mol. The molecule has 1 amide bonds. The van der Waals surface area contributed by atoms with Crippen LogP contribution in [0.4, 0.5) is 5.95 Å². The van der Waals surface area contributed by atoms with Crippen molar-refractivity contribution in [1.29, 1.82) is 0 Å². The summed E-state index contributed by atoms with van der Waals surface area (Å²) in [6.07, 6.45) is 4.72. The lowest BCUT2D eigenvalue weighted by molar-refractivity contribution is -0.125. The van der Waals surface area contributed by atoms with Gasteiger partial charge < -0.3 is 15.0 Å². The molecule has 1 atom stereocenters. The molecule has 3 heterocycles. The number of nitrogens with zero attached hydrogens (tertiary/aromatic N) is 4. The van der Waals surface area contributed by atoms with E-state index in [1.807, 2.05) is 13.0 Å². The van der Waals surface area contributed by atoms with Crippen molar-refractivity contribution in [2.24, 2.45) is 5.92 Å². The average molecular weight is 347 g/mol. The Labute approximate surface area is 149 Å². The van der Waals surface area contributed by atoms with Gasteiger partial charge in [0.15, 0.2) is 0 Å². The third kappa shape index (κ3) is 5.37. The lowest BCUT2D eigenvalue weighted by Gasteiger charge is -2.32. The Morgan fingerprint density at radius 1 is 1.36 bits per heavy atom. The number of hydrogen-bond acceptors (Lipinski definition) is 6. The quantitative estimate of drug-likeness (QED) is 0.769. The van der Waals surface area contributed by atoms with Gasteiger partial charge in [-0.1, -0.05) is 0 Å². The summed E-state index contributed by atoms with van der Waals surface area (Å²) < 4.78 is 5.35. The molecule has 0 aliphatic carbocycles. The number of ether oxygens (including phenoxy) is 1. The maximum Gasteiger partial charge on any atom is 0.225 e. The molecule has 0 aromatic carbocycles. The van der Waals surface area contributed by atoms with Gasteiger partial charge in [0, 0.05) is 44.6 Å². The zero-order chi connectivity index (χ0) is 17.5. The fourth-order valence-corrected chi connectivity index (χ4v) is 3.44. The standard InChI is InChI=1S/C18H29N5O2/c1-15-5-7-20-18(21-15)23-9-2-4-16(14-23)17(24)19-6-3-8-22-10-12-25-13-11-22/h5,7,16H,2-4,6,8-14H2,1H3,(H,19,24). The zero-order valence-corrected chi connectivity index (χ0v) is 15.1. The molecule has 1 aromatic heterocycles. The number of carbonyl (C=O) groups excluding carboxylic acids is 1. The molecule has 1 N–H and O–H groups in total. The molecule has 7 heteroatoms. The Kier molecular flexibility index (Phi) is 6.58. The minimum absolute atomic E-state index is 0.0289. The van der Waals surface area contributed by atoms with Gasteiger partial charge in [0.2, 0.25) is 11.9 Å². The second-order valence-electron chi connectivity index (χ2n) is 6.88. The van der Waals surface area contributed by atoms with E-state index in [4.69, 9.17) is 4.74 Å². The number of anilines is 1.